The Labute approximate surface area is 175 Å². The van der Waals surface area contributed by atoms with E-state index in [2.05, 4.69) is 15.7 Å². The Bertz CT molecular complexity index is 1140. The molecule has 3 aromatic rings. The van der Waals surface area contributed by atoms with Crippen molar-refractivity contribution in [2.24, 2.45) is 0 Å². The number of hydrogen-bond acceptors (Lipinski definition) is 3. The van der Waals surface area contributed by atoms with Gasteiger partial charge in [0.2, 0.25) is 5.91 Å². The summed E-state index contributed by atoms with van der Waals surface area (Å²) in [7, 11) is 0. The number of aromatic nitrogens is 2. The number of amides is 2. The number of nitrogens with zero attached hydrogens (tertiary/aromatic N) is 2. The lowest BCUT2D eigenvalue weighted by molar-refractivity contribution is -0.123. The monoisotopic (exact) mass is 430 g/mol. The molecular formula is C21H17ClF2N4O2. The van der Waals surface area contributed by atoms with Gasteiger partial charge in [-0.2, -0.15) is 5.10 Å². The molecule has 0 saturated heterocycles. The number of rotatable bonds is 5. The number of hydrogen-bond donors (Lipinski definition) is 2. The largest absolute Gasteiger partial charge is 0.326 e. The van der Waals surface area contributed by atoms with Crippen LogP contribution in [0.25, 0.3) is 11.1 Å². The van der Waals surface area contributed by atoms with E-state index in [0.29, 0.717) is 17.3 Å². The van der Waals surface area contributed by atoms with Crippen LogP contribution in [0.2, 0.25) is 5.02 Å². The van der Waals surface area contributed by atoms with Gasteiger partial charge >= 0.3 is 0 Å². The molecule has 0 saturated carbocycles. The summed E-state index contributed by atoms with van der Waals surface area (Å²) in [5.41, 5.74) is 2.52. The fourth-order valence-electron chi connectivity index (χ4n) is 3.45. The van der Waals surface area contributed by atoms with Crippen molar-refractivity contribution < 1.29 is 18.4 Å². The highest BCUT2D eigenvalue weighted by Crippen LogP contribution is 2.39. The molecule has 1 unspecified atom stereocenters. The third-order valence-corrected chi connectivity index (χ3v) is 5.12. The van der Waals surface area contributed by atoms with E-state index in [4.69, 9.17) is 11.6 Å². The third-order valence-electron chi connectivity index (χ3n) is 4.87. The van der Waals surface area contributed by atoms with E-state index < -0.39 is 23.6 Å². The molecule has 1 aromatic heterocycles. The lowest BCUT2D eigenvalue weighted by Crippen LogP contribution is -2.24. The quantitative estimate of drug-likeness (QED) is 0.622. The summed E-state index contributed by atoms with van der Waals surface area (Å²) in [5, 5.41) is 10.4. The molecule has 1 aliphatic rings. The first kappa shape index (κ1) is 20.0. The van der Waals surface area contributed by atoms with E-state index in [9.17, 15) is 18.4 Å². The summed E-state index contributed by atoms with van der Waals surface area (Å²) in [6.07, 6.45) is 0.421. The van der Waals surface area contributed by atoms with Gasteiger partial charge in [-0.1, -0.05) is 30.7 Å². The first-order valence-electron chi connectivity index (χ1n) is 9.30. The molecule has 6 nitrogen and oxygen atoms in total. The van der Waals surface area contributed by atoms with Crippen molar-refractivity contribution in [3.05, 3.63) is 64.8 Å². The van der Waals surface area contributed by atoms with Crippen LogP contribution in [-0.4, -0.2) is 21.6 Å². The Kier molecular flexibility index (Phi) is 5.26. The zero-order valence-corrected chi connectivity index (χ0v) is 16.6. The average Bonchev–Trinajstić information content (AvgIpc) is 3.21. The Morgan fingerprint density at radius 2 is 1.93 bits per heavy atom. The minimum atomic E-state index is -1.07. The number of nitrogens with one attached hydrogen (secondary N) is 2. The smallest absolute Gasteiger partial charge is 0.251 e. The van der Waals surface area contributed by atoms with Gasteiger partial charge in [-0.15, -0.1) is 0 Å². The van der Waals surface area contributed by atoms with E-state index in [1.54, 1.807) is 12.1 Å². The number of benzene rings is 2. The van der Waals surface area contributed by atoms with Crippen LogP contribution in [0.15, 0.2) is 42.5 Å². The molecule has 154 valence electrons. The molecule has 0 fully saturated rings. The molecule has 9 heteroatoms. The van der Waals surface area contributed by atoms with Crippen molar-refractivity contribution >= 4 is 34.9 Å². The lowest BCUT2D eigenvalue weighted by atomic mass is 10.0. The molecule has 1 aliphatic heterocycles. The maximum absolute atomic E-state index is 13.4. The number of fused-ring (bicyclic) bond motifs is 1. The number of carbonyl (C=O) groups excluding carboxylic acids is 2. The van der Waals surface area contributed by atoms with Crippen molar-refractivity contribution in [3.63, 3.8) is 0 Å². The fraction of sp³-hybridized carbons (Fsp3) is 0.190. The van der Waals surface area contributed by atoms with E-state index >= 15 is 0 Å². The Morgan fingerprint density at radius 1 is 1.20 bits per heavy atom. The molecule has 2 N–H and O–H groups in total. The molecule has 0 aliphatic carbocycles. The van der Waals surface area contributed by atoms with Crippen LogP contribution < -0.4 is 10.6 Å². The molecule has 0 spiro atoms. The van der Waals surface area contributed by atoms with Crippen molar-refractivity contribution in [1.29, 1.82) is 0 Å². The highest BCUT2D eigenvalue weighted by Gasteiger charge is 2.36. The topological polar surface area (TPSA) is 76.0 Å². The standard InChI is InChI=1S/C21H17ClF2N4O2/c1-2-16-19(11-3-5-12(22)6-4-11)20-26-21(30)17(28(20)27-16)10-18(29)25-13-7-8-14(23)15(24)9-13/h3-9,17H,2,10H2,1H3,(H,25,29)(H,26,30). The van der Waals surface area contributed by atoms with Crippen LogP contribution in [0, 0.1) is 11.6 Å². The van der Waals surface area contributed by atoms with Crippen LogP contribution in [0.4, 0.5) is 20.3 Å². The summed E-state index contributed by atoms with van der Waals surface area (Å²) >= 11 is 5.97. The summed E-state index contributed by atoms with van der Waals surface area (Å²) in [5.74, 6) is -2.44. The van der Waals surface area contributed by atoms with Gasteiger partial charge in [0.15, 0.2) is 11.6 Å². The molecule has 2 aromatic carbocycles. The minimum absolute atomic E-state index is 0.106. The number of anilines is 2. The SMILES string of the molecule is CCc1nn2c(c1-c1ccc(Cl)cc1)NC(=O)C2CC(=O)Nc1ccc(F)c(F)c1. The average molecular weight is 431 g/mol. The fourth-order valence-corrected chi connectivity index (χ4v) is 3.57. The molecule has 2 heterocycles. The second kappa shape index (κ2) is 7.87. The molecular weight excluding hydrogens is 414 g/mol. The number of carbonyl (C=O) groups is 2. The Balaban J connectivity index is 1.60. The summed E-state index contributed by atoms with van der Waals surface area (Å²) in [6, 6.07) is 9.39. The lowest BCUT2D eigenvalue weighted by Gasteiger charge is -2.10. The highest BCUT2D eigenvalue weighted by molar-refractivity contribution is 6.30. The van der Waals surface area contributed by atoms with Gasteiger partial charge in [0, 0.05) is 22.3 Å². The van der Waals surface area contributed by atoms with Gasteiger partial charge in [-0.3, -0.25) is 9.59 Å². The number of aryl methyl sites for hydroxylation is 1. The van der Waals surface area contributed by atoms with E-state index in [1.807, 2.05) is 19.1 Å². The van der Waals surface area contributed by atoms with Gasteiger partial charge < -0.3 is 10.6 Å². The maximum atomic E-state index is 13.4. The van der Waals surface area contributed by atoms with Gasteiger partial charge in [0.25, 0.3) is 5.91 Å². The number of halogens is 3. The highest BCUT2D eigenvalue weighted by atomic mass is 35.5. The molecule has 0 bridgehead atoms. The van der Waals surface area contributed by atoms with Gasteiger partial charge in [-0.25, -0.2) is 13.5 Å². The predicted molar refractivity (Wildman–Crippen MR) is 109 cm³/mol. The van der Waals surface area contributed by atoms with E-state index in [-0.39, 0.29) is 18.0 Å². The minimum Gasteiger partial charge on any atom is -0.326 e. The second-order valence-electron chi connectivity index (χ2n) is 6.86. The Morgan fingerprint density at radius 3 is 2.60 bits per heavy atom. The zero-order chi connectivity index (χ0) is 21.4. The van der Waals surface area contributed by atoms with E-state index in [1.165, 1.54) is 10.7 Å². The zero-order valence-electron chi connectivity index (χ0n) is 15.9. The normalized spacial score (nSPS) is 15.1. The summed E-state index contributed by atoms with van der Waals surface area (Å²) in [4.78, 5) is 25.0. The van der Waals surface area contributed by atoms with Crippen LogP contribution in [-0.2, 0) is 16.0 Å². The molecule has 30 heavy (non-hydrogen) atoms. The predicted octanol–water partition coefficient (Wildman–Crippen LogP) is 4.57. The van der Waals surface area contributed by atoms with Crippen molar-refractivity contribution in [1.82, 2.24) is 9.78 Å². The van der Waals surface area contributed by atoms with Crippen LogP contribution in [0.3, 0.4) is 0 Å². The molecule has 0 radical (unpaired) electrons. The third kappa shape index (κ3) is 3.66. The molecule has 2 amide bonds. The first-order valence-corrected chi connectivity index (χ1v) is 9.68. The maximum Gasteiger partial charge on any atom is 0.251 e. The van der Waals surface area contributed by atoms with Crippen molar-refractivity contribution in [3.8, 4) is 11.1 Å². The second-order valence-corrected chi connectivity index (χ2v) is 7.30. The van der Waals surface area contributed by atoms with Crippen molar-refractivity contribution in [2.75, 3.05) is 10.6 Å². The summed E-state index contributed by atoms with van der Waals surface area (Å²) in [6.45, 7) is 1.95. The van der Waals surface area contributed by atoms with Crippen LogP contribution >= 0.6 is 11.6 Å². The van der Waals surface area contributed by atoms with Crippen LogP contribution in [0.1, 0.15) is 25.1 Å². The van der Waals surface area contributed by atoms with Gasteiger partial charge in [0.1, 0.15) is 11.9 Å². The van der Waals surface area contributed by atoms with Gasteiger partial charge in [-0.05, 0) is 36.2 Å². The van der Waals surface area contributed by atoms with Crippen LogP contribution in [0.5, 0.6) is 0 Å². The molecule has 1 atom stereocenters. The Hall–Kier alpha value is -3.26. The van der Waals surface area contributed by atoms with E-state index in [0.717, 1.165) is 29.0 Å². The van der Waals surface area contributed by atoms with Gasteiger partial charge in [0.05, 0.1) is 12.1 Å². The summed E-state index contributed by atoms with van der Waals surface area (Å²) < 4.78 is 27.9. The first-order chi connectivity index (χ1) is 14.4. The molecule has 4 rings (SSSR count). The van der Waals surface area contributed by atoms with Crippen molar-refractivity contribution in [2.45, 2.75) is 25.8 Å².